The fourth-order valence-corrected chi connectivity index (χ4v) is 2.96. The molecule has 2 aromatic carbocycles. The van der Waals surface area contributed by atoms with Crippen LogP contribution in [-0.4, -0.2) is 29.1 Å². The molecule has 5 nitrogen and oxygen atoms in total. The molecule has 0 aliphatic heterocycles. The summed E-state index contributed by atoms with van der Waals surface area (Å²) in [6.45, 7) is 0. The maximum Gasteiger partial charge on any atom is 0.273 e. The number of aromatic nitrogens is 2. The van der Waals surface area contributed by atoms with E-state index >= 15 is 0 Å². The van der Waals surface area contributed by atoms with Crippen LogP contribution < -0.4 is 10.1 Å². The van der Waals surface area contributed by atoms with Gasteiger partial charge < -0.3 is 10.1 Å². The van der Waals surface area contributed by atoms with E-state index < -0.39 is 0 Å². The zero-order valence-corrected chi connectivity index (χ0v) is 15.1. The van der Waals surface area contributed by atoms with E-state index in [1.54, 1.807) is 36.7 Å². The number of thioether (sulfide) groups is 1. The first-order chi connectivity index (χ1) is 12.1. The van der Waals surface area contributed by atoms with E-state index in [9.17, 15) is 4.79 Å². The Labute approximate surface area is 151 Å². The van der Waals surface area contributed by atoms with Gasteiger partial charge in [0.1, 0.15) is 11.4 Å². The average molecular weight is 353 g/mol. The highest BCUT2D eigenvalue weighted by Crippen LogP contribution is 2.24. The number of rotatable bonds is 5. The first kappa shape index (κ1) is 17.1. The van der Waals surface area contributed by atoms with Gasteiger partial charge in [-0.1, -0.05) is 18.2 Å². The average Bonchev–Trinajstić information content (AvgIpc) is 3.04. The Hall–Kier alpha value is -2.73. The van der Waals surface area contributed by atoms with Gasteiger partial charge in [-0.15, -0.1) is 11.8 Å². The summed E-state index contributed by atoms with van der Waals surface area (Å²) in [5.74, 6) is 0.561. The minimum atomic E-state index is -0.192. The number of hydrogen-bond acceptors (Lipinski definition) is 4. The lowest BCUT2D eigenvalue weighted by Crippen LogP contribution is -2.15. The minimum absolute atomic E-state index is 0.192. The molecule has 3 rings (SSSR count). The molecule has 1 heterocycles. The second kappa shape index (κ2) is 7.44. The summed E-state index contributed by atoms with van der Waals surface area (Å²) in [5.41, 5.74) is 2.89. The van der Waals surface area contributed by atoms with Crippen molar-refractivity contribution in [2.24, 2.45) is 7.05 Å². The molecule has 0 radical (unpaired) electrons. The van der Waals surface area contributed by atoms with E-state index in [1.807, 2.05) is 54.8 Å². The molecule has 1 amide bonds. The first-order valence-electron chi connectivity index (χ1n) is 7.74. The van der Waals surface area contributed by atoms with Gasteiger partial charge >= 0.3 is 0 Å². The Balaban J connectivity index is 1.85. The highest BCUT2D eigenvalue weighted by molar-refractivity contribution is 7.98. The van der Waals surface area contributed by atoms with Gasteiger partial charge in [0.25, 0.3) is 5.91 Å². The monoisotopic (exact) mass is 353 g/mol. The molecule has 0 spiro atoms. The van der Waals surface area contributed by atoms with Crippen LogP contribution >= 0.6 is 11.8 Å². The highest BCUT2D eigenvalue weighted by Gasteiger charge is 2.15. The van der Waals surface area contributed by atoms with E-state index in [1.165, 1.54) is 0 Å². The predicted molar refractivity (Wildman–Crippen MR) is 101 cm³/mol. The van der Waals surface area contributed by atoms with Crippen LogP contribution in [-0.2, 0) is 7.05 Å². The molecule has 128 valence electrons. The Kier molecular flexibility index (Phi) is 5.09. The molecular formula is C19H19N3O2S. The number of aryl methyl sites for hydroxylation is 1. The molecular weight excluding hydrogens is 334 g/mol. The standard InChI is InChI=1S/C19H19N3O2S/c1-22-18(19(23)20-14-7-5-9-16(11-14)25-3)12-17(21-22)13-6-4-8-15(10-13)24-2/h4-12H,1-3H3,(H,20,23). The maximum atomic E-state index is 12.6. The number of nitrogens with one attached hydrogen (secondary N) is 1. The van der Waals surface area contributed by atoms with Crippen LogP contribution in [0.5, 0.6) is 5.75 Å². The van der Waals surface area contributed by atoms with Crippen molar-refractivity contribution in [2.45, 2.75) is 4.90 Å². The van der Waals surface area contributed by atoms with E-state index in [0.29, 0.717) is 5.69 Å². The van der Waals surface area contributed by atoms with E-state index in [-0.39, 0.29) is 5.91 Å². The topological polar surface area (TPSA) is 56.1 Å². The van der Waals surface area contributed by atoms with Crippen molar-refractivity contribution >= 4 is 23.4 Å². The van der Waals surface area contributed by atoms with Crippen LogP contribution in [0.3, 0.4) is 0 Å². The van der Waals surface area contributed by atoms with Crippen LogP contribution in [0.2, 0.25) is 0 Å². The van der Waals surface area contributed by atoms with Gasteiger partial charge in [-0.25, -0.2) is 0 Å². The largest absolute Gasteiger partial charge is 0.497 e. The fourth-order valence-electron chi connectivity index (χ4n) is 2.50. The second-order valence-electron chi connectivity index (χ2n) is 5.46. The number of carbonyl (C=O) groups excluding carboxylic acids is 1. The molecule has 0 fully saturated rings. The summed E-state index contributed by atoms with van der Waals surface area (Å²) >= 11 is 1.63. The van der Waals surface area contributed by atoms with Crippen LogP contribution in [0.25, 0.3) is 11.3 Å². The third-order valence-electron chi connectivity index (χ3n) is 3.81. The molecule has 0 unspecified atom stereocenters. The molecule has 1 N–H and O–H groups in total. The Morgan fingerprint density at radius 3 is 2.72 bits per heavy atom. The van der Waals surface area contributed by atoms with Crippen molar-refractivity contribution in [2.75, 3.05) is 18.7 Å². The SMILES string of the molecule is COc1cccc(-c2cc(C(=O)Nc3cccc(SC)c3)n(C)n2)c1. The number of hydrogen-bond donors (Lipinski definition) is 1. The van der Waals surface area contributed by atoms with Crippen molar-refractivity contribution in [3.05, 3.63) is 60.3 Å². The predicted octanol–water partition coefficient (Wildman–Crippen LogP) is 4.07. The smallest absolute Gasteiger partial charge is 0.273 e. The Morgan fingerprint density at radius 2 is 1.96 bits per heavy atom. The first-order valence-corrected chi connectivity index (χ1v) is 8.97. The molecule has 25 heavy (non-hydrogen) atoms. The van der Waals surface area contributed by atoms with Crippen molar-refractivity contribution < 1.29 is 9.53 Å². The summed E-state index contributed by atoms with van der Waals surface area (Å²) < 4.78 is 6.83. The maximum absolute atomic E-state index is 12.6. The van der Waals surface area contributed by atoms with Gasteiger partial charge in [-0.2, -0.15) is 5.10 Å². The Bertz CT molecular complexity index is 905. The quantitative estimate of drug-likeness (QED) is 0.703. The van der Waals surface area contributed by atoms with Crippen molar-refractivity contribution in [3.63, 3.8) is 0 Å². The molecule has 0 saturated heterocycles. The molecule has 0 atom stereocenters. The van der Waals surface area contributed by atoms with E-state index in [0.717, 1.165) is 27.6 Å². The highest BCUT2D eigenvalue weighted by atomic mass is 32.2. The van der Waals surface area contributed by atoms with Crippen LogP contribution in [0.4, 0.5) is 5.69 Å². The lowest BCUT2D eigenvalue weighted by atomic mass is 10.1. The summed E-state index contributed by atoms with van der Waals surface area (Å²) in [4.78, 5) is 13.7. The van der Waals surface area contributed by atoms with Crippen molar-refractivity contribution in [1.82, 2.24) is 9.78 Å². The summed E-state index contributed by atoms with van der Waals surface area (Å²) in [7, 11) is 3.38. The molecule has 0 bridgehead atoms. The third-order valence-corrected chi connectivity index (χ3v) is 4.53. The lowest BCUT2D eigenvalue weighted by molar-refractivity contribution is 0.101. The number of ether oxygens (including phenoxy) is 1. The molecule has 0 saturated carbocycles. The molecule has 3 aromatic rings. The minimum Gasteiger partial charge on any atom is -0.497 e. The summed E-state index contributed by atoms with van der Waals surface area (Å²) in [6, 6.07) is 17.1. The van der Waals surface area contributed by atoms with Crippen LogP contribution in [0, 0.1) is 0 Å². The van der Waals surface area contributed by atoms with Gasteiger partial charge in [-0.05, 0) is 42.7 Å². The van der Waals surface area contributed by atoms with Crippen LogP contribution in [0.1, 0.15) is 10.5 Å². The summed E-state index contributed by atoms with van der Waals surface area (Å²) in [6.07, 6.45) is 2.00. The van der Waals surface area contributed by atoms with Crippen molar-refractivity contribution in [1.29, 1.82) is 0 Å². The number of nitrogens with zero attached hydrogens (tertiary/aromatic N) is 2. The van der Waals surface area contributed by atoms with Crippen molar-refractivity contribution in [3.8, 4) is 17.0 Å². The van der Waals surface area contributed by atoms with Gasteiger partial charge in [0.15, 0.2) is 0 Å². The van der Waals surface area contributed by atoms with Gasteiger partial charge in [0.05, 0.1) is 12.8 Å². The fraction of sp³-hybridized carbons (Fsp3) is 0.158. The molecule has 0 aliphatic rings. The Morgan fingerprint density at radius 1 is 1.16 bits per heavy atom. The zero-order valence-electron chi connectivity index (χ0n) is 14.3. The second-order valence-corrected chi connectivity index (χ2v) is 6.34. The lowest BCUT2D eigenvalue weighted by Gasteiger charge is -2.06. The number of benzene rings is 2. The van der Waals surface area contributed by atoms with E-state index in [4.69, 9.17) is 4.74 Å². The normalized spacial score (nSPS) is 10.5. The van der Waals surface area contributed by atoms with Gasteiger partial charge in [0.2, 0.25) is 0 Å². The molecule has 0 aliphatic carbocycles. The van der Waals surface area contributed by atoms with Gasteiger partial charge in [0, 0.05) is 23.2 Å². The molecule has 6 heteroatoms. The summed E-state index contributed by atoms with van der Waals surface area (Å²) in [5, 5.41) is 7.37. The number of amides is 1. The zero-order chi connectivity index (χ0) is 17.8. The van der Waals surface area contributed by atoms with Gasteiger partial charge in [-0.3, -0.25) is 9.48 Å². The van der Waals surface area contributed by atoms with Crippen LogP contribution in [0.15, 0.2) is 59.5 Å². The number of methoxy groups -OCH3 is 1. The van der Waals surface area contributed by atoms with E-state index in [2.05, 4.69) is 10.4 Å². The number of anilines is 1. The third kappa shape index (κ3) is 3.85. The molecule has 1 aromatic heterocycles. The number of carbonyl (C=O) groups is 1.